The Balaban J connectivity index is -0.00000000800. The Labute approximate surface area is 68.0 Å². The summed E-state index contributed by atoms with van der Waals surface area (Å²) in [5, 5.41) is 3.88. The van der Waals surface area contributed by atoms with Crippen LogP contribution in [0.4, 0.5) is 0 Å². The first-order valence-electron chi connectivity index (χ1n) is 0.752. The first-order valence-corrected chi connectivity index (χ1v) is 2.25. The second kappa shape index (κ2) is 16.1. The van der Waals surface area contributed by atoms with Crippen molar-refractivity contribution < 1.29 is 51.9 Å². The molecule has 0 heterocycles. The van der Waals surface area contributed by atoms with Crippen LogP contribution in [-0.4, -0.2) is 34.9 Å². The fraction of sp³-hybridized carbons (Fsp3) is 0. The molecule has 8 nitrogen and oxygen atoms in total. The summed E-state index contributed by atoms with van der Waals surface area (Å²) in [6, 6.07) is 0. The predicted octanol–water partition coefficient (Wildman–Crippen LogP) is -4.55. The molecule has 0 fully saturated rings. The maximum Gasteiger partial charge on any atom is 0.330 e. The smallest absolute Gasteiger partial charge is 0.330 e. The molecule has 0 aliphatic rings. The molecule has 0 saturated carbocycles. The molecule has 0 aliphatic carbocycles. The van der Waals surface area contributed by atoms with Crippen molar-refractivity contribution in [1.29, 1.82) is 0 Å². The zero-order valence-electron chi connectivity index (χ0n) is 4.63. The molecule has 11 N–H and O–H groups in total. The minimum absolute atomic E-state index is 0. The summed E-state index contributed by atoms with van der Waals surface area (Å²) in [6.07, 6.45) is 0. The molecule has 0 bridgehead atoms. The zero-order valence-corrected chi connectivity index (χ0v) is 6.62. The number of hydrogen-bond donors (Lipinski definition) is 2. The Morgan fingerprint density at radius 3 is 1.00 bits per heavy atom. The van der Waals surface area contributed by atoms with E-state index in [4.69, 9.17) is 13.0 Å². The van der Waals surface area contributed by atoms with Crippen molar-refractivity contribution in [2.24, 2.45) is 5.14 Å². The van der Waals surface area contributed by atoms with Crippen molar-refractivity contribution in [2.75, 3.05) is 0 Å². The van der Waals surface area contributed by atoms with Crippen LogP contribution in [0.3, 0.4) is 0 Å². The van der Waals surface area contributed by atoms with E-state index in [-0.39, 0.29) is 39.0 Å². The van der Waals surface area contributed by atoms with E-state index in [1.165, 1.54) is 0 Å². The van der Waals surface area contributed by atoms with Gasteiger partial charge in [-0.05, 0) is 0 Å². The molecule has 0 saturated heterocycles. The molecule has 10 heavy (non-hydrogen) atoms. The molecule has 0 aromatic heterocycles. The van der Waals surface area contributed by atoms with E-state index in [9.17, 15) is 0 Å². The van der Waals surface area contributed by atoms with Gasteiger partial charge in [0.25, 0.3) is 0 Å². The Kier molecular flexibility index (Phi) is 78.5. The number of nitrogens with two attached hydrogens (primary N) is 1. The molecule has 0 amide bonds. The van der Waals surface area contributed by atoms with Crippen LogP contribution >= 0.6 is 0 Å². The molecule has 0 aromatic rings. The molecule has 0 atom stereocenters. The Bertz CT molecular complexity index is 96.8. The third-order valence-corrected chi connectivity index (χ3v) is 0. The standard InChI is InChI=1S/Mn.H3NO3S.4H2O/c;1-5(2,3)4;;;;/h;(H3,1,2,3,4);4*1H2. The molecular formula is H11MnNO7S. The van der Waals surface area contributed by atoms with Crippen LogP contribution in [0.2, 0.25) is 0 Å². The molecule has 71 valence electrons. The third kappa shape index (κ3) is 8170. The Hall–Kier alpha value is 0.229. The Morgan fingerprint density at radius 1 is 1.00 bits per heavy atom. The van der Waals surface area contributed by atoms with Crippen LogP contribution in [0.1, 0.15) is 0 Å². The van der Waals surface area contributed by atoms with Crippen LogP contribution in [0, 0.1) is 0 Å². The van der Waals surface area contributed by atoms with Gasteiger partial charge in [0.2, 0.25) is 0 Å². The molecule has 10 heteroatoms. The molecule has 0 spiro atoms. The summed E-state index contributed by atoms with van der Waals surface area (Å²) >= 11 is 0. The molecule has 1 radical (unpaired) electrons. The van der Waals surface area contributed by atoms with Gasteiger partial charge >= 0.3 is 10.3 Å². The van der Waals surface area contributed by atoms with Gasteiger partial charge in [-0.25, -0.2) is 5.14 Å². The summed E-state index contributed by atoms with van der Waals surface area (Å²) in [5.41, 5.74) is 0. The van der Waals surface area contributed by atoms with E-state index in [0.29, 0.717) is 0 Å². The van der Waals surface area contributed by atoms with Crippen molar-refractivity contribution in [3.63, 3.8) is 0 Å². The van der Waals surface area contributed by atoms with Crippen molar-refractivity contribution >= 4 is 10.3 Å². The van der Waals surface area contributed by atoms with Gasteiger partial charge in [-0.15, -0.1) is 0 Å². The quantitative estimate of drug-likeness (QED) is 0.308. The van der Waals surface area contributed by atoms with Gasteiger partial charge in [0.05, 0.1) is 0 Å². The summed E-state index contributed by atoms with van der Waals surface area (Å²) in [7, 11) is -4.17. The topological polar surface area (TPSA) is 206 Å². The van der Waals surface area contributed by atoms with E-state index in [2.05, 4.69) is 5.14 Å². The average Bonchev–Trinajstić information content (AvgIpc) is 0.722. The van der Waals surface area contributed by atoms with Crippen molar-refractivity contribution in [2.45, 2.75) is 0 Å². The summed E-state index contributed by atoms with van der Waals surface area (Å²) in [4.78, 5) is 0. The van der Waals surface area contributed by atoms with Crippen LogP contribution in [-0.2, 0) is 27.4 Å². The van der Waals surface area contributed by atoms with Gasteiger partial charge in [-0.1, -0.05) is 0 Å². The minimum atomic E-state index is -4.17. The Morgan fingerprint density at radius 2 is 1.00 bits per heavy atom. The van der Waals surface area contributed by atoms with Gasteiger partial charge < -0.3 is 21.9 Å². The minimum Gasteiger partial charge on any atom is -0.412 e. The van der Waals surface area contributed by atoms with E-state index < -0.39 is 10.3 Å². The van der Waals surface area contributed by atoms with Crippen molar-refractivity contribution in [1.82, 2.24) is 0 Å². The zero-order chi connectivity index (χ0) is 4.50. The van der Waals surface area contributed by atoms with Gasteiger partial charge in [0, 0.05) is 17.1 Å². The average molecular weight is 224 g/mol. The fourth-order valence-electron chi connectivity index (χ4n) is 0. The van der Waals surface area contributed by atoms with Crippen molar-refractivity contribution in [3.05, 3.63) is 0 Å². The maximum atomic E-state index is 8.97. The van der Waals surface area contributed by atoms with Crippen LogP contribution < -0.4 is 5.14 Å². The molecule has 0 unspecified atom stereocenters. The van der Waals surface area contributed by atoms with Gasteiger partial charge in [-0.3, -0.25) is 4.55 Å². The number of hydrogen-bond acceptors (Lipinski definition) is 2. The first kappa shape index (κ1) is 48.7. The van der Waals surface area contributed by atoms with Gasteiger partial charge in [0.15, 0.2) is 0 Å². The monoisotopic (exact) mass is 224 g/mol. The van der Waals surface area contributed by atoms with Crippen LogP contribution in [0.5, 0.6) is 0 Å². The summed E-state index contributed by atoms with van der Waals surface area (Å²) < 4.78 is 25.2. The predicted molar refractivity (Wildman–Crippen MR) is 30.2 cm³/mol. The van der Waals surface area contributed by atoms with Gasteiger partial charge in [-0.2, -0.15) is 8.42 Å². The van der Waals surface area contributed by atoms with E-state index in [0.717, 1.165) is 0 Å². The molecule has 0 rings (SSSR count). The van der Waals surface area contributed by atoms with Crippen LogP contribution in [0.15, 0.2) is 0 Å². The second-order valence-corrected chi connectivity index (χ2v) is 1.54. The summed E-state index contributed by atoms with van der Waals surface area (Å²) in [6.45, 7) is 0. The molecule has 0 aliphatic heterocycles. The third-order valence-electron chi connectivity index (χ3n) is 0. The fourth-order valence-corrected chi connectivity index (χ4v) is 0. The maximum absolute atomic E-state index is 8.97. The first-order chi connectivity index (χ1) is 2.00. The van der Waals surface area contributed by atoms with E-state index >= 15 is 0 Å². The number of rotatable bonds is 0. The second-order valence-electron chi connectivity index (χ2n) is 0.515. The molecular weight excluding hydrogens is 213 g/mol. The van der Waals surface area contributed by atoms with Crippen molar-refractivity contribution in [3.8, 4) is 0 Å². The van der Waals surface area contributed by atoms with Gasteiger partial charge in [0.1, 0.15) is 0 Å². The summed E-state index contributed by atoms with van der Waals surface area (Å²) in [5.74, 6) is 0. The van der Waals surface area contributed by atoms with E-state index in [1.54, 1.807) is 0 Å². The molecule has 0 aromatic carbocycles. The van der Waals surface area contributed by atoms with Crippen LogP contribution in [0.25, 0.3) is 0 Å². The largest absolute Gasteiger partial charge is 0.412 e. The van der Waals surface area contributed by atoms with E-state index in [1.807, 2.05) is 0 Å². The SMILES string of the molecule is NS(=O)(=O)O.O.O.O.O.[Mn]. The normalized spacial score (nSPS) is 5.80.